The summed E-state index contributed by atoms with van der Waals surface area (Å²) in [5.41, 5.74) is 2.88. The minimum atomic E-state index is -0.779. The van der Waals surface area contributed by atoms with Gasteiger partial charge in [0.15, 0.2) is 0 Å². The molecule has 4 rings (SSSR count). The summed E-state index contributed by atoms with van der Waals surface area (Å²) in [6.07, 6.45) is 3.06. The summed E-state index contributed by atoms with van der Waals surface area (Å²) in [5.74, 6) is 0.500. The molecule has 0 aliphatic carbocycles. The molecule has 29 heavy (non-hydrogen) atoms. The predicted molar refractivity (Wildman–Crippen MR) is 119 cm³/mol. The first-order valence-electron chi connectivity index (χ1n) is 10.0. The number of likely N-dealkylation sites (tertiary alicyclic amines) is 1. The maximum absolute atomic E-state index is 10.8. The number of halogens is 2. The SMILES string of the molecule is Cl.Cl.OC1(CN2CCC(c3cc(Cc4ccccc4)[nH]n3)CC2)CNCCOC1. The molecule has 2 aliphatic heterocycles. The Balaban J connectivity index is 0.00000150. The predicted octanol–water partition coefficient (Wildman–Crippen LogP) is 2.37. The summed E-state index contributed by atoms with van der Waals surface area (Å²) in [6, 6.07) is 12.7. The van der Waals surface area contributed by atoms with E-state index in [0.717, 1.165) is 38.9 Å². The van der Waals surface area contributed by atoms with E-state index in [-0.39, 0.29) is 24.8 Å². The second-order valence-electron chi connectivity index (χ2n) is 7.98. The lowest BCUT2D eigenvalue weighted by atomic mass is 9.92. The number of nitrogens with one attached hydrogen (secondary N) is 2. The average Bonchev–Trinajstić information content (AvgIpc) is 3.04. The Labute approximate surface area is 185 Å². The molecular formula is C21H32Cl2N4O2. The molecule has 162 valence electrons. The fraction of sp³-hybridized carbons (Fsp3) is 0.571. The molecule has 2 fully saturated rings. The average molecular weight is 443 g/mol. The second-order valence-corrected chi connectivity index (χ2v) is 7.98. The first-order valence-corrected chi connectivity index (χ1v) is 10.0. The fourth-order valence-electron chi connectivity index (χ4n) is 4.18. The molecule has 6 nitrogen and oxygen atoms in total. The molecule has 0 bridgehead atoms. The fourth-order valence-corrected chi connectivity index (χ4v) is 4.18. The number of ether oxygens (including phenoxy) is 1. The first-order chi connectivity index (χ1) is 13.2. The van der Waals surface area contributed by atoms with Crippen molar-refractivity contribution in [3.63, 3.8) is 0 Å². The van der Waals surface area contributed by atoms with Crippen molar-refractivity contribution in [3.8, 4) is 0 Å². The molecule has 1 unspecified atom stereocenters. The Morgan fingerprint density at radius 1 is 1.17 bits per heavy atom. The van der Waals surface area contributed by atoms with Gasteiger partial charge >= 0.3 is 0 Å². The smallest absolute Gasteiger partial charge is 0.113 e. The van der Waals surface area contributed by atoms with Crippen molar-refractivity contribution in [1.82, 2.24) is 20.4 Å². The quantitative estimate of drug-likeness (QED) is 0.662. The highest BCUT2D eigenvalue weighted by molar-refractivity contribution is 5.85. The lowest BCUT2D eigenvalue weighted by molar-refractivity contribution is -0.0520. The van der Waals surface area contributed by atoms with Crippen molar-refractivity contribution in [1.29, 1.82) is 0 Å². The third-order valence-corrected chi connectivity index (χ3v) is 5.66. The van der Waals surface area contributed by atoms with Crippen LogP contribution in [0.1, 0.15) is 35.7 Å². The van der Waals surface area contributed by atoms with E-state index in [4.69, 9.17) is 4.74 Å². The Kier molecular flexibility index (Phi) is 9.40. The zero-order chi connectivity index (χ0) is 18.5. The molecule has 0 spiro atoms. The van der Waals surface area contributed by atoms with Crippen molar-refractivity contribution in [2.45, 2.75) is 30.8 Å². The number of hydrogen-bond donors (Lipinski definition) is 3. The van der Waals surface area contributed by atoms with Crippen LogP contribution >= 0.6 is 24.8 Å². The zero-order valence-electron chi connectivity index (χ0n) is 16.7. The lowest BCUT2D eigenvalue weighted by Crippen LogP contribution is -2.52. The number of β-amino-alcohol motifs (C(OH)–C–C–N with tert-alkyl or cyclic N) is 1. The van der Waals surface area contributed by atoms with Gasteiger partial charge in [0.25, 0.3) is 0 Å². The van der Waals surface area contributed by atoms with E-state index in [1.807, 2.05) is 6.07 Å². The molecule has 0 saturated carbocycles. The number of benzene rings is 1. The molecule has 0 radical (unpaired) electrons. The minimum Gasteiger partial charge on any atom is -0.385 e. The van der Waals surface area contributed by atoms with Crippen LogP contribution in [0.2, 0.25) is 0 Å². The van der Waals surface area contributed by atoms with Crippen LogP contribution in [-0.4, -0.2) is 71.7 Å². The zero-order valence-corrected chi connectivity index (χ0v) is 18.3. The van der Waals surface area contributed by atoms with Crippen molar-refractivity contribution in [3.05, 3.63) is 53.3 Å². The summed E-state index contributed by atoms with van der Waals surface area (Å²) in [4.78, 5) is 2.37. The van der Waals surface area contributed by atoms with E-state index in [9.17, 15) is 5.11 Å². The number of nitrogens with zero attached hydrogens (tertiary/aromatic N) is 2. The highest BCUT2D eigenvalue weighted by Gasteiger charge is 2.33. The monoisotopic (exact) mass is 442 g/mol. The Hall–Kier alpha value is -1.15. The molecule has 3 heterocycles. The van der Waals surface area contributed by atoms with Crippen molar-refractivity contribution < 1.29 is 9.84 Å². The van der Waals surface area contributed by atoms with Gasteiger partial charge in [0.05, 0.1) is 18.9 Å². The van der Waals surface area contributed by atoms with Gasteiger partial charge in [-0.2, -0.15) is 5.10 Å². The van der Waals surface area contributed by atoms with Crippen LogP contribution < -0.4 is 5.32 Å². The maximum Gasteiger partial charge on any atom is 0.113 e. The molecule has 1 aromatic heterocycles. The normalized spacial score (nSPS) is 23.6. The summed E-state index contributed by atoms with van der Waals surface area (Å²) in [5, 5.41) is 21.8. The van der Waals surface area contributed by atoms with Gasteiger partial charge in [0, 0.05) is 37.7 Å². The lowest BCUT2D eigenvalue weighted by Gasteiger charge is -2.37. The number of aromatic amines is 1. The van der Waals surface area contributed by atoms with Gasteiger partial charge in [0.1, 0.15) is 5.60 Å². The summed E-state index contributed by atoms with van der Waals surface area (Å²) in [6.45, 7) is 5.18. The van der Waals surface area contributed by atoms with Gasteiger partial charge in [-0.15, -0.1) is 24.8 Å². The summed E-state index contributed by atoms with van der Waals surface area (Å²) < 4.78 is 5.54. The first kappa shape index (κ1) is 24.1. The van der Waals surface area contributed by atoms with Gasteiger partial charge in [0.2, 0.25) is 0 Å². The summed E-state index contributed by atoms with van der Waals surface area (Å²) in [7, 11) is 0. The van der Waals surface area contributed by atoms with Crippen LogP contribution in [0.4, 0.5) is 0 Å². The van der Waals surface area contributed by atoms with Crippen LogP contribution in [-0.2, 0) is 11.2 Å². The van der Waals surface area contributed by atoms with Crippen LogP contribution in [0.15, 0.2) is 36.4 Å². The third-order valence-electron chi connectivity index (χ3n) is 5.66. The van der Waals surface area contributed by atoms with Crippen LogP contribution in [0, 0.1) is 0 Å². The molecule has 2 aromatic rings. The molecule has 1 atom stereocenters. The minimum absolute atomic E-state index is 0. The maximum atomic E-state index is 10.8. The highest BCUT2D eigenvalue weighted by Crippen LogP contribution is 2.28. The van der Waals surface area contributed by atoms with Gasteiger partial charge in [-0.3, -0.25) is 5.10 Å². The van der Waals surface area contributed by atoms with Crippen LogP contribution in [0.5, 0.6) is 0 Å². The number of aromatic nitrogens is 2. The second kappa shape index (κ2) is 11.3. The number of rotatable bonds is 5. The van der Waals surface area contributed by atoms with E-state index in [0.29, 0.717) is 32.2 Å². The topological polar surface area (TPSA) is 73.4 Å². The van der Waals surface area contributed by atoms with Crippen molar-refractivity contribution >= 4 is 24.8 Å². The molecule has 3 N–H and O–H groups in total. The largest absolute Gasteiger partial charge is 0.385 e. The molecule has 2 aliphatic rings. The van der Waals surface area contributed by atoms with Gasteiger partial charge in [-0.1, -0.05) is 30.3 Å². The van der Waals surface area contributed by atoms with Gasteiger partial charge < -0.3 is 20.1 Å². The van der Waals surface area contributed by atoms with E-state index in [2.05, 4.69) is 50.7 Å². The van der Waals surface area contributed by atoms with E-state index < -0.39 is 5.60 Å². The summed E-state index contributed by atoms with van der Waals surface area (Å²) >= 11 is 0. The number of H-pyrrole nitrogens is 1. The Bertz CT molecular complexity index is 712. The van der Waals surface area contributed by atoms with Crippen LogP contribution in [0.3, 0.4) is 0 Å². The third kappa shape index (κ3) is 6.67. The molecule has 8 heteroatoms. The standard InChI is InChI=1S/C21H30N4O2.2ClH/c26-21(14-22-8-11-27-16-21)15-25-9-6-18(7-10-25)20-13-19(23-24-20)12-17-4-2-1-3-5-17;;/h1-5,13,18,22,26H,6-12,14-16H2,(H,23,24);2*1H. The number of aliphatic hydroxyl groups is 1. The Morgan fingerprint density at radius 2 is 1.93 bits per heavy atom. The molecule has 0 amide bonds. The van der Waals surface area contributed by atoms with Crippen molar-refractivity contribution in [2.75, 3.05) is 45.9 Å². The number of piperidine rings is 1. The molecule has 2 saturated heterocycles. The van der Waals surface area contributed by atoms with E-state index >= 15 is 0 Å². The van der Waals surface area contributed by atoms with Crippen molar-refractivity contribution in [2.24, 2.45) is 0 Å². The Morgan fingerprint density at radius 3 is 2.69 bits per heavy atom. The molecular weight excluding hydrogens is 411 g/mol. The van der Waals surface area contributed by atoms with Gasteiger partial charge in [-0.25, -0.2) is 0 Å². The molecule has 1 aromatic carbocycles. The number of hydrogen-bond acceptors (Lipinski definition) is 5. The van der Waals surface area contributed by atoms with E-state index in [1.165, 1.54) is 17.0 Å². The van der Waals surface area contributed by atoms with Gasteiger partial charge in [-0.05, 0) is 37.6 Å². The van der Waals surface area contributed by atoms with E-state index in [1.54, 1.807) is 0 Å². The highest BCUT2D eigenvalue weighted by atomic mass is 35.5. The van der Waals surface area contributed by atoms with Crippen LogP contribution in [0.25, 0.3) is 0 Å².